The lowest BCUT2D eigenvalue weighted by atomic mass is 9.82. The number of rotatable bonds is 8. The fraction of sp³-hybridized carbons (Fsp3) is 0.436. The molecule has 0 unspecified atom stereocenters. The zero-order valence-corrected chi connectivity index (χ0v) is 31.0. The van der Waals surface area contributed by atoms with E-state index < -0.39 is 49.8 Å². The topological polar surface area (TPSA) is 129 Å². The molecule has 3 aromatic carbocycles. The van der Waals surface area contributed by atoms with Crippen molar-refractivity contribution in [3.8, 4) is 0 Å². The van der Waals surface area contributed by atoms with E-state index in [0.717, 1.165) is 16.7 Å². The fourth-order valence-corrected chi connectivity index (χ4v) is 11.6. The predicted molar refractivity (Wildman–Crippen MR) is 196 cm³/mol. The Morgan fingerprint density at radius 1 is 0.925 bits per heavy atom. The van der Waals surface area contributed by atoms with Crippen LogP contribution >= 0.6 is 0 Å². The number of ether oxygens (including phenoxy) is 3. The highest BCUT2D eigenvalue weighted by molar-refractivity contribution is 6.72. The molecule has 0 aliphatic carbocycles. The van der Waals surface area contributed by atoms with E-state index in [1.54, 1.807) is 46.0 Å². The maximum atomic E-state index is 16.6. The van der Waals surface area contributed by atoms with Crippen LogP contribution in [0.25, 0.3) is 0 Å². The van der Waals surface area contributed by atoms with Crippen LogP contribution < -0.4 is 14.7 Å². The number of fused-ring (bicyclic) bond motifs is 3. The van der Waals surface area contributed by atoms with E-state index in [1.807, 2.05) is 55.5 Å². The van der Waals surface area contributed by atoms with Gasteiger partial charge in [0.05, 0.1) is 50.5 Å². The summed E-state index contributed by atoms with van der Waals surface area (Å²) < 4.78 is 33.8. The molecule has 12 nitrogen and oxygen atoms in total. The summed E-state index contributed by atoms with van der Waals surface area (Å²) in [6.07, 6.45) is -1.48. The molecule has 4 amide bonds. The first-order chi connectivity index (χ1) is 25.4. The minimum Gasteiger partial charge on any atom is -0.447 e. The molecule has 278 valence electrons. The van der Waals surface area contributed by atoms with Crippen molar-refractivity contribution in [3.63, 3.8) is 0 Å². The van der Waals surface area contributed by atoms with E-state index in [0.29, 0.717) is 55.3 Å². The molecule has 0 bridgehead atoms. The lowest BCUT2D eigenvalue weighted by Crippen LogP contribution is -2.48. The first kappa shape index (κ1) is 35.2. The smallest absolute Gasteiger partial charge is 0.414 e. The van der Waals surface area contributed by atoms with E-state index in [9.17, 15) is 19.5 Å². The molecular formula is C39H43FN4O8Si. The first-order valence-electron chi connectivity index (χ1n) is 18.2. The highest BCUT2D eigenvalue weighted by atomic mass is 28.4. The van der Waals surface area contributed by atoms with E-state index >= 15 is 8.90 Å². The molecule has 0 aromatic heterocycles. The molecule has 8 rings (SSSR count). The van der Waals surface area contributed by atoms with Crippen LogP contribution in [0.4, 0.5) is 30.8 Å². The van der Waals surface area contributed by atoms with Crippen molar-refractivity contribution in [2.24, 2.45) is 5.92 Å². The molecule has 3 saturated heterocycles. The van der Waals surface area contributed by atoms with Gasteiger partial charge in [-0.3, -0.25) is 19.4 Å². The van der Waals surface area contributed by atoms with Gasteiger partial charge in [0, 0.05) is 34.9 Å². The molecule has 0 saturated carbocycles. The summed E-state index contributed by atoms with van der Waals surface area (Å²) in [6.45, 7) is 6.62. The van der Waals surface area contributed by atoms with Crippen LogP contribution in [0.5, 0.6) is 0 Å². The lowest BCUT2D eigenvalue weighted by molar-refractivity contribution is -0.151. The molecule has 14 heteroatoms. The van der Waals surface area contributed by atoms with Crippen molar-refractivity contribution in [2.75, 3.05) is 47.6 Å². The SMILES string of the molecule is C[C@@H]1[C@@H]([Si](C)(C)F)[C@H](CC(=O)N2Cc3ccccc3C[C@H]2CO)O[C@@]12C(=O)N(Cc1ccc(N3CCOC3=O)cc1)c1ccc(N3CCOC3=O)cc12. The Balaban J connectivity index is 1.15. The van der Waals surface area contributed by atoms with Crippen LogP contribution in [0, 0.1) is 5.92 Å². The number of cyclic esters (lactones) is 2. The monoisotopic (exact) mass is 742 g/mol. The normalized spacial score (nSPS) is 26.7. The van der Waals surface area contributed by atoms with Crippen molar-refractivity contribution < 1.29 is 42.6 Å². The van der Waals surface area contributed by atoms with Gasteiger partial charge in [-0.2, -0.15) is 0 Å². The molecule has 5 aliphatic rings. The molecule has 3 fully saturated rings. The zero-order chi connectivity index (χ0) is 37.2. The summed E-state index contributed by atoms with van der Waals surface area (Å²) in [5.41, 5.74) is 2.80. The Morgan fingerprint density at radius 2 is 1.57 bits per heavy atom. The van der Waals surface area contributed by atoms with Crippen LogP contribution in [0.2, 0.25) is 18.6 Å². The minimum absolute atomic E-state index is 0.156. The number of aliphatic hydroxyl groups is 1. The third kappa shape index (κ3) is 5.87. The Labute approximate surface area is 308 Å². The van der Waals surface area contributed by atoms with Crippen LogP contribution in [-0.4, -0.2) is 87.5 Å². The van der Waals surface area contributed by atoms with E-state index in [2.05, 4.69) is 0 Å². The van der Waals surface area contributed by atoms with E-state index in [4.69, 9.17) is 14.2 Å². The van der Waals surface area contributed by atoms with Gasteiger partial charge in [0.2, 0.25) is 14.3 Å². The van der Waals surface area contributed by atoms with Gasteiger partial charge in [-0.05, 0) is 66.5 Å². The number of anilines is 3. The number of hydrogen-bond acceptors (Lipinski definition) is 8. The molecule has 1 N–H and O–H groups in total. The number of nitrogens with zero attached hydrogens (tertiary/aromatic N) is 4. The number of carbonyl (C=O) groups is 4. The second kappa shape index (κ2) is 13.3. The second-order valence-corrected chi connectivity index (χ2v) is 18.9. The predicted octanol–water partition coefficient (Wildman–Crippen LogP) is 5.26. The van der Waals surface area contributed by atoms with Gasteiger partial charge >= 0.3 is 12.2 Å². The minimum atomic E-state index is -3.61. The van der Waals surface area contributed by atoms with Crippen molar-refractivity contribution in [1.29, 1.82) is 0 Å². The van der Waals surface area contributed by atoms with Gasteiger partial charge in [0.25, 0.3) is 5.91 Å². The van der Waals surface area contributed by atoms with E-state index in [-0.39, 0.29) is 38.0 Å². The number of halogens is 1. The average molecular weight is 743 g/mol. The zero-order valence-electron chi connectivity index (χ0n) is 30.0. The molecule has 5 heterocycles. The van der Waals surface area contributed by atoms with Gasteiger partial charge in [-0.15, -0.1) is 0 Å². The summed E-state index contributed by atoms with van der Waals surface area (Å²) in [7, 11) is -3.61. The molecule has 5 atom stereocenters. The van der Waals surface area contributed by atoms with E-state index in [1.165, 1.54) is 4.90 Å². The van der Waals surface area contributed by atoms with Gasteiger partial charge < -0.3 is 33.2 Å². The highest BCUT2D eigenvalue weighted by Gasteiger charge is 2.67. The fourth-order valence-electron chi connectivity index (χ4n) is 9.11. The second-order valence-electron chi connectivity index (χ2n) is 15.1. The number of hydrogen-bond donors (Lipinski definition) is 1. The van der Waals surface area contributed by atoms with Crippen molar-refractivity contribution in [2.45, 2.75) is 69.2 Å². The van der Waals surface area contributed by atoms with Crippen LogP contribution in [0.15, 0.2) is 66.7 Å². The summed E-state index contributed by atoms with van der Waals surface area (Å²) in [5, 5.41) is 10.3. The van der Waals surface area contributed by atoms with Gasteiger partial charge in [-0.25, -0.2) is 9.59 Å². The van der Waals surface area contributed by atoms with Crippen molar-refractivity contribution in [1.82, 2.24) is 4.90 Å². The summed E-state index contributed by atoms with van der Waals surface area (Å²) in [4.78, 5) is 60.4. The highest BCUT2D eigenvalue weighted by Crippen LogP contribution is 2.61. The summed E-state index contributed by atoms with van der Waals surface area (Å²) >= 11 is 0. The lowest BCUT2D eigenvalue weighted by Gasteiger charge is -2.37. The number of amides is 4. The molecule has 53 heavy (non-hydrogen) atoms. The van der Waals surface area contributed by atoms with Crippen LogP contribution in [-0.2, 0) is 48.9 Å². The quantitative estimate of drug-likeness (QED) is 0.245. The first-order valence-corrected chi connectivity index (χ1v) is 21.1. The molecular weight excluding hydrogens is 700 g/mol. The Kier molecular flexibility index (Phi) is 8.81. The van der Waals surface area contributed by atoms with Crippen molar-refractivity contribution in [3.05, 3.63) is 89.0 Å². The Bertz CT molecular complexity index is 1970. The third-order valence-corrected chi connectivity index (χ3v) is 14.1. The van der Waals surface area contributed by atoms with Gasteiger partial charge in [0.1, 0.15) is 13.2 Å². The van der Waals surface area contributed by atoms with Gasteiger partial charge in [0.15, 0.2) is 5.60 Å². The maximum absolute atomic E-state index is 16.6. The van der Waals surface area contributed by atoms with Crippen LogP contribution in [0.1, 0.15) is 35.6 Å². The Morgan fingerprint density at radius 3 is 2.19 bits per heavy atom. The summed E-state index contributed by atoms with van der Waals surface area (Å²) in [6, 6.07) is 20.0. The standard InChI is InChI=1S/C39H43FN4O8Si/c1-24-35(53(2,3)40)33(20-34(46)43-22-27-7-5-4-6-26(27)18-30(43)23-45)52-39(24)31-19-29(42-15-17-51-38(42)49)12-13-32(31)44(36(39)47)21-25-8-10-28(11-9-25)41-14-16-50-37(41)48/h4-13,19,24,30,33,35,45H,14-18,20-23H2,1-3H3/t24-,30+,33+,35-,39+/m1/s1. The third-order valence-electron chi connectivity index (χ3n) is 11.6. The number of aliphatic hydroxyl groups excluding tert-OH is 1. The molecule has 1 spiro atoms. The number of benzene rings is 3. The van der Waals surface area contributed by atoms with Crippen LogP contribution in [0.3, 0.4) is 0 Å². The number of carbonyl (C=O) groups excluding carboxylic acids is 4. The Hall–Kier alpha value is -4.79. The van der Waals surface area contributed by atoms with Crippen molar-refractivity contribution >= 4 is 49.5 Å². The molecule has 5 aliphatic heterocycles. The maximum Gasteiger partial charge on any atom is 0.414 e. The average Bonchev–Trinajstić information content (AvgIpc) is 3.90. The summed E-state index contributed by atoms with van der Waals surface area (Å²) in [5.74, 6) is -1.30. The molecule has 0 radical (unpaired) electrons. The van der Waals surface area contributed by atoms with Gasteiger partial charge in [-0.1, -0.05) is 43.3 Å². The largest absolute Gasteiger partial charge is 0.447 e. The molecule has 3 aromatic rings.